The van der Waals surface area contributed by atoms with Crippen LogP contribution in [-0.2, 0) is 30.3 Å². The average molecular weight is 742 g/mol. The number of rotatable bonds is 8. The normalized spacial score (nSPS) is 13.6. The van der Waals surface area contributed by atoms with Gasteiger partial charge in [-0.25, -0.2) is 0 Å². The van der Waals surface area contributed by atoms with E-state index in [0.717, 1.165) is 42.3 Å². The van der Waals surface area contributed by atoms with Crippen LogP contribution in [0.4, 0.5) is 0 Å². The minimum atomic E-state index is -0.161. The first-order chi connectivity index (χ1) is 19.6. The van der Waals surface area contributed by atoms with E-state index in [1.54, 1.807) is 0 Å². The van der Waals surface area contributed by atoms with Gasteiger partial charge in [-0.2, -0.15) is 0 Å². The second kappa shape index (κ2) is 14.1. The maximum atomic E-state index is 11.7. The Balaban J connectivity index is 0.000000263. The second-order valence-corrected chi connectivity index (χ2v) is 12.1. The molecule has 0 bridgehead atoms. The molecule has 225 valence electrons. The van der Waals surface area contributed by atoms with Crippen LogP contribution in [0.15, 0.2) is 60.8 Å². The molecule has 2 heterocycles. The summed E-state index contributed by atoms with van der Waals surface area (Å²) in [6, 6.07) is 14.3. The van der Waals surface area contributed by atoms with Gasteiger partial charge in [-0.3, -0.25) is 9.78 Å². The predicted molar refractivity (Wildman–Crippen MR) is 171 cm³/mol. The van der Waals surface area contributed by atoms with E-state index >= 15 is 0 Å². The second-order valence-electron chi connectivity index (χ2n) is 12.1. The van der Waals surface area contributed by atoms with Crippen molar-refractivity contribution in [2.45, 2.75) is 92.4 Å². The van der Waals surface area contributed by atoms with Gasteiger partial charge in [-0.15, -0.1) is 23.8 Å². The minimum Gasteiger partial charge on any atom is -0.512 e. The molecule has 0 atom stereocenters. The Labute approximate surface area is 265 Å². The van der Waals surface area contributed by atoms with E-state index < -0.39 is 0 Å². The Morgan fingerprint density at radius 3 is 2.24 bits per heavy atom. The Hall–Kier alpha value is -2.88. The molecule has 5 rings (SSSR count). The van der Waals surface area contributed by atoms with Crippen molar-refractivity contribution >= 4 is 27.3 Å². The van der Waals surface area contributed by atoms with E-state index in [4.69, 9.17) is 4.98 Å². The molecule has 0 unspecified atom stereocenters. The van der Waals surface area contributed by atoms with E-state index in [2.05, 4.69) is 63.0 Å². The Kier molecular flexibility index (Phi) is 11.3. The fraction of sp³-hybridized carbons (Fsp3) is 0.432. The van der Waals surface area contributed by atoms with Crippen molar-refractivity contribution in [1.29, 1.82) is 0 Å². The van der Waals surface area contributed by atoms with E-state index in [1.165, 1.54) is 38.9 Å². The topological polar surface area (TPSA) is 63.1 Å². The third kappa shape index (κ3) is 6.38. The third-order valence-corrected chi connectivity index (χ3v) is 8.92. The van der Waals surface area contributed by atoms with Crippen LogP contribution in [0.25, 0.3) is 32.8 Å². The number of aliphatic hydroxyl groups is 1. The van der Waals surface area contributed by atoms with Crippen molar-refractivity contribution in [2.75, 3.05) is 0 Å². The van der Waals surface area contributed by atoms with Gasteiger partial charge in [0, 0.05) is 62.0 Å². The fourth-order valence-electron chi connectivity index (χ4n) is 6.15. The smallest absolute Gasteiger partial charge is 0.162 e. The molecule has 1 radical (unpaired) electrons. The quantitative estimate of drug-likeness (QED) is 0.111. The number of hydrogen-bond donors (Lipinski definition) is 1. The van der Waals surface area contributed by atoms with E-state index in [1.807, 2.05) is 52.4 Å². The van der Waals surface area contributed by atoms with Crippen LogP contribution in [-0.4, -0.2) is 20.9 Å². The number of nitrogens with zero attached hydrogens (tertiary/aromatic N) is 2. The van der Waals surface area contributed by atoms with Gasteiger partial charge in [-0.1, -0.05) is 89.9 Å². The van der Waals surface area contributed by atoms with Crippen molar-refractivity contribution in [1.82, 2.24) is 9.97 Å². The number of benzene rings is 2. The summed E-state index contributed by atoms with van der Waals surface area (Å²) in [6.45, 7) is 17.1. The van der Waals surface area contributed by atoms with E-state index in [0.29, 0.717) is 5.92 Å². The summed E-state index contributed by atoms with van der Waals surface area (Å²) in [4.78, 5) is 21.1. The number of hydrogen-bond acceptors (Lipinski definition) is 4. The maximum Gasteiger partial charge on any atom is 0.162 e. The molecule has 0 amide bonds. The summed E-state index contributed by atoms with van der Waals surface area (Å²) in [5, 5.41) is 14.7. The molecule has 5 heteroatoms. The molecule has 2 aromatic carbocycles. The molecule has 0 spiro atoms. The van der Waals surface area contributed by atoms with E-state index in [9.17, 15) is 9.90 Å². The number of fused-ring (bicyclic) bond motifs is 4. The predicted octanol–water partition coefficient (Wildman–Crippen LogP) is 9.88. The Morgan fingerprint density at radius 1 is 0.952 bits per heavy atom. The molecule has 4 aromatic rings. The zero-order chi connectivity index (χ0) is 29.9. The molecule has 1 aliphatic rings. The number of allylic oxidation sites excluding steroid dienone is 2. The largest absolute Gasteiger partial charge is 0.512 e. The zero-order valence-electron chi connectivity index (χ0n) is 26.3. The van der Waals surface area contributed by atoms with Crippen molar-refractivity contribution in [2.24, 2.45) is 11.8 Å². The van der Waals surface area contributed by atoms with Gasteiger partial charge >= 0.3 is 0 Å². The van der Waals surface area contributed by atoms with Gasteiger partial charge in [0.1, 0.15) is 0 Å². The van der Waals surface area contributed by atoms with Crippen LogP contribution in [0.3, 0.4) is 0 Å². The zero-order valence-corrected chi connectivity index (χ0v) is 28.7. The number of carbonyl (C=O) groups excluding carboxylic acids is 1. The van der Waals surface area contributed by atoms with Crippen LogP contribution < -0.4 is 0 Å². The molecule has 0 saturated carbocycles. The summed E-state index contributed by atoms with van der Waals surface area (Å²) in [5.74, 6) is 1.05. The number of ketones is 1. The number of pyridine rings is 2. The monoisotopic (exact) mass is 742 g/mol. The molecular formula is C37H45IrN2O2-. The van der Waals surface area contributed by atoms with Gasteiger partial charge in [0.15, 0.2) is 5.78 Å². The van der Waals surface area contributed by atoms with E-state index in [-0.39, 0.29) is 48.9 Å². The standard InChI is InChI=1S/C24H21N2.C13H24O2.Ir/c1-14(2)15-8-9-16-12-26-23-18-7-5-6-17-11-25-13-20(21(17)18)24(3,4)22(23)19(16)10-15;1-5-10(6-2)12(14)9-13(15)11(7-3)8-4;/h5-6,8-14H,1-4H3;9-11,14H,5-8H2,1-4H3;/q-1;;/b;12-9-;. The van der Waals surface area contributed by atoms with Crippen LogP contribution >= 0.6 is 0 Å². The molecule has 1 aliphatic carbocycles. The number of aromatic nitrogens is 2. The summed E-state index contributed by atoms with van der Waals surface area (Å²) in [6.07, 6.45) is 10.9. The van der Waals surface area contributed by atoms with Crippen molar-refractivity contribution in [3.05, 3.63) is 83.5 Å². The van der Waals surface area contributed by atoms with Gasteiger partial charge in [0.2, 0.25) is 0 Å². The molecule has 2 aromatic heterocycles. The first-order valence-electron chi connectivity index (χ1n) is 15.3. The van der Waals surface area contributed by atoms with Crippen LogP contribution in [0.2, 0.25) is 0 Å². The van der Waals surface area contributed by atoms with Crippen molar-refractivity contribution in [3.63, 3.8) is 0 Å². The average Bonchev–Trinajstić information content (AvgIpc) is 2.96. The van der Waals surface area contributed by atoms with Gasteiger partial charge < -0.3 is 10.1 Å². The minimum absolute atomic E-state index is 0. The summed E-state index contributed by atoms with van der Waals surface area (Å²) >= 11 is 0. The first-order valence-corrected chi connectivity index (χ1v) is 15.3. The Morgan fingerprint density at radius 2 is 1.62 bits per heavy atom. The molecule has 1 N–H and O–H groups in total. The van der Waals surface area contributed by atoms with Crippen molar-refractivity contribution in [3.8, 4) is 11.3 Å². The Bertz CT molecular complexity index is 1570. The number of carbonyl (C=O) groups is 1. The van der Waals surface area contributed by atoms with Gasteiger partial charge in [0.25, 0.3) is 0 Å². The van der Waals surface area contributed by atoms with Crippen LogP contribution in [0, 0.1) is 17.9 Å². The fourth-order valence-corrected chi connectivity index (χ4v) is 6.15. The van der Waals surface area contributed by atoms with Crippen LogP contribution in [0.1, 0.15) is 104 Å². The SMILES string of the molecule is CC(C)c1ccc2cnc3c(c2c1)C(C)(C)c1cncc2cc[c-]c-3c12.CCC(CC)C(=O)/C=C(\O)C(CC)CC.[Ir]. The molecule has 0 saturated heterocycles. The summed E-state index contributed by atoms with van der Waals surface area (Å²) in [7, 11) is 0. The van der Waals surface area contributed by atoms with Crippen LogP contribution in [0.5, 0.6) is 0 Å². The molecule has 4 nitrogen and oxygen atoms in total. The summed E-state index contributed by atoms with van der Waals surface area (Å²) in [5.41, 5.74) is 5.92. The molecule has 0 aliphatic heterocycles. The molecular weight excluding hydrogens is 697 g/mol. The maximum absolute atomic E-state index is 11.7. The molecule has 42 heavy (non-hydrogen) atoms. The van der Waals surface area contributed by atoms with Crippen molar-refractivity contribution < 1.29 is 30.0 Å². The van der Waals surface area contributed by atoms with Gasteiger partial charge in [-0.05, 0) is 59.2 Å². The van der Waals surface area contributed by atoms with Gasteiger partial charge in [0.05, 0.1) is 5.76 Å². The summed E-state index contributed by atoms with van der Waals surface area (Å²) < 4.78 is 0. The molecule has 0 fully saturated rings. The third-order valence-electron chi connectivity index (χ3n) is 8.92. The number of aliphatic hydroxyl groups excluding tert-OH is 1. The first kappa shape index (κ1) is 33.6.